The average molecular weight is 210 g/mol. The van der Waals surface area contributed by atoms with E-state index in [0.717, 1.165) is 6.07 Å². The van der Waals surface area contributed by atoms with Gasteiger partial charge in [-0.3, -0.25) is 4.79 Å². The van der Waals surface area contributed by atoms with E-state index in [9.17, 15) is 26.7 Å². The van der Waals surface area contributed by atoms with Crippen LogP contribution in [0.5, 0.6) is 0 Å². The summed E-state index contributed by atoms with van der Waals surface area (Å²) in [4.78, 5) is 10.1. The van der Waals surface area contributed by atoms with Gasteiger partial charge in [-0.25, -0.2) is 4.39 Å². The number of benzene rings is 1. The van der Waals surface area contributed by atoms with E-state index in [0.29, 0.717) is 12.1 Å². The molecule has 0 amide bonds. The normalized spacial score (nSPS) is 11.5. The van der Waals surface area contributed by atoms with E-state index in [1.165, 1.54) is 0 Å². The van der Waals surface area contributed by atoms with E-state index in [-0.39, 0.29) is 0 Å². The van der Waals surface area contributed by atoms with Crippen molar-refractivity contribution in [1.82, 2.24) is 0 Å². The fraction of sp³-hybridized carbons (Fsp3) is 0.125. The third-order valence-corrected chi connectivity index (χ3v) is 1.52. The highest BCUT2D eigenvalue weighted by molar-refractivity contribution is 5.88. The number of hydrogen-bond acceptors (Lipinski definition) is 1. The highest BCUT2D eigenvalue weighted by Crippen LogP contribution is 2.32. The molecule has 0 radical (unpaired) electrons. The van der Waals surface area contributed by atoms with Gasteiger partial charge in [0.1, 0.15) is 5.82 Å². The van der Waals surface area contributed by atoms with Gasteiger partial charge in [0.25, 0.3) is 0 Å². The average Bonchev–Trinajstić information content (AvgIpc) is 2.01. The summed E-state index contributed by atoms with van der Waals surface area (Å²) in [6, 6.07) is -0.387. The van der Waals surface area contributed by atoms with Crippen LogP contribution in [0.1, 0.15) is 15.9 Å². The van der Waals surface area contributed by atoms with E-state index in [1.807, 2.05) is 0 Å². The summed E-state index contributed by atoms with van der Waals surface area (Å²) in [6.07, 6.45) is -4.93. The standard InChI is InChI=1S/C8H3F5O/c9-6-4(7(10)14)2-1-3-5(6)8(11,12)13/h1-3H. The van der Waals surface area contributed by atoms with Crippen LogP contribution in [0.4, 0.5) is 22.0 Å². The first kappa shape index (κ1) is 10.6. The molecule has 76 valence electrons. The topological polar surface area (TPSA) is 17.1 Å². The minimum absolute atomic E-state index is 0.432. The summed E-state index contributed by atoms with van der Waals surface area (Å²) in [5.74, 6) is -1.88. The molecule has 0 bridgehead atoms. The molecule has 0 saturated heterocycles. The minimum Gasteiger partial charge on any atom is -0.255 e. The van der Waals surface area contributed by atoms with Gasteiger partial charge in [-0.2, -0.15) is 17.6 Å². The molecule has 1 nitrogen and oxygen atoms in total. The predicted molar refractivity (Wildman–Crippen MR) is 36.8 cm³/mol. The zero-order valence-electron chi connectivity index (χ0n) is 6.53. The highest BCUT2D eigenvalue weighted by atomic mass is 19.4. The minimum atomic E-state index is -4.93. The van der Waals surface area contributed by atoms with Crippen LogP contribution in [0.3, 0.4) is 0 Å². The van der Waals surface area contributed by atoms with Gasteiger partial charge >= 0.3 is 12.2 Å². The Balaban J connectivity index is 3.35. The van der Waals surface area contributed by atoms with Crippen LogP contribution in [0, 0.1) is 5.82 Å². The molecule has 0 aromatic heterocycles. The summed E-state index contributed by atoms with van der Waals surface area (Å²) in [7, 11) is 0. The molecular formula is C8H3F5O. The van der Waals surface area contributed by atoms with E-state index in [1.54, 1.807) is 0 Å². The second kappa shape index (κ2) is 3.36. The molecule has 0 aliphatic carbocycles. The molecule has 0 aliphatic rings. The number of rotatable bonds is 1. The number of halogens is 5. The van der Waals surface area contributed by atoms with E-state index >= 15 is 0 Å². The fourth-order valence-electron chi connectivity index (χ4n) is 0.903. The Labute approximate surface area is 75.2 Å². The summed E-state index contributed by atoms with van der Waals surface area (Å²) in [6.45, 7) is 0. The van der Waals surface area contributed by atoms with Crippen molar-refractivity contribution < 1.29 is 26.7 Å². The predicted octanol–water partition coefficient (Wildman–Crippen LogP) is 2.95. The van der Waals surface area contributed by atoms with Gasteiger partial charge in [0.15, 0.2) is 0 Å². The Morgan fingerprint density at radius 3 is 2.21 bits per heavy atom. The number of carbonyl (C=O) groups is 1. The lowest BCUT2D eigenvalue weighted by Crippen LogP contribution is -2.10. The number of carbonyl (C=O) groups excluding carboxylic acids is 1. The zero-order valence-corrected chi connectivity index (χ0v) is 6.53. The summed E-state index contributed by atoms with van der Waals surface area (Å²) in [5, 5.41) is 0. The Hall–Kier alpha value is -1.46. The van der Waals surface area contributed by atoms with Crippen LogP contribution in [0.15, 0.2) is 18.2 Å². The van der Waals surface area contributed by atoms with Crippen LogP contribution >= 0.6 is 0 Å². The molecule has 6 heteroatoms. The van der Waals surface area contributed by atoms with Crippen molar-refractivity contribution in [3.8, 4) is 0 Å². The zero-order chi connectivity index (χ0) is 10.9. The van der Waals surface area contributed by atoms with Crippen LogP contribution < -0.4 is 0 Å². The van der Waals surface area contributed by atoms with Gasteiger partial charge < -0.3 is 0 Å². The molecule has 1 aromatic carbocycles. The lowest BCUT2D eigenvalue weighted by molar-refractivity contribution is -0.140. The van der Waals surface area contributed by atoms with E-state index in [2.05, 4.69) is 0 Å². The molecule has 0 spiro atoms. The van der Waals surface area contributed by atoms with E-state index < -0.39 is 29.2 Å². The fourth-order valence-corrected chi connectivity index (χ4v) is 0.903. The quantitative estimate of drug-likeness (QED) is 0.514. The van der Waals surface area contributed by atoms with Gasteiger partial charge in [-0.15, -0.1) is 0 Å². The first-order chi connectivity index (χ1) is 6.34. The summed E-state index contributed by atoms with van der Waals surface area (Å²) >= 11 is 0. The van der Waals surface area contributed by atoms with Crippen molar-refractivity contribution in [3.05, 3.63) is 35.1 Å². The van der Waals surface area contributed by atoms with Gasteiger partial charge in [-0.1, -0.05) is 6.07 Å². The monoisotopic (exact) mass is 210 g/mol. The highest BCUT2D eigenvalue weighted by Gasteiger charge is 2.35. The van der Waals surface area contributed by atoms with Gasteiger partial charge in [-0.05, 0) is 12.1 Å². The lowest BCUT2D eigenvalue weighted by Gasteiger charge is -2.08. The first-order valence-electron chi connectivity index (χ1n) is 3.39. The molecule has 0 heterocycles. The maximum Gasteiger partial charge on any atom is 0.419 e. The van der Waals surface area contributed by atoms with Gasteiger partial charge in [0, 0.05) is 0 Å². The van der Waals surface area contributed by atoms with Crippen molar-refractivity contribution in [3.63, 3.8) is 0 Å². The molecule has 0 atom stereocenters. The number of hydrogen-bond donors (Lipinski definition) is 0. The lowest BCUT2D eigenvalue weighted by atomic mass is 10.1. The Morgan fingerprint density at radius 2 is 1.79 bits per heavy atom. The van der Waals surface area contributed by atoms with Crippen LogP contribution in [0.2, 0.25) is 0 Å². The van der Waals surface area contributed by atoms with Crippen molar-refractivity contribution in [1.29, 1.82) is 0 Å². The Kier molecular flexibility index (Phi) is 2.55. The van der Waals surface area contributed by atoms with Gasteiger partial charge in [0.2, 0.25) is 0 Å². The van der Waals surface area contributed by atoms with Crippen LogP contribution in [-0.4, -0.2) is 6.04 Å². The second-order valence-electron chi connectivity index (χ2n) is 2.44. The maximum absolute atomic E-state index is 12.8. The van der Waals surface area contributed by atoms with Crippen molar-refractivity contribution in [2.24, 2.45) is 0 Å². The molecule has 0 N–H and O–H groups in total. The first-order valence-corrected chi connectivity index (χ1v) is 3.39. The Morgan fingerprint density at radius 1 is 1.21 bits per heavy atom. The molecule has 0 aliphatic heterocycles. The number of alkyl halides is 3. The molecule has 14 heavy (non-hydrogen) atoms. The molecule has 0 saturated carbocycles. The Bertz CT molecular complexity index is 368. The molecular weight excluding hydrogens is 207 g/mol. The van der Waals surface area contributed by atoms with Crippen molar-refractivity contribution in [2.75, 3.05) is 0 Å². The van der Waals surface area contributed by atoms with Crippen LogP contribution in [-0.2, 0) is 6.18 Å². The molecule has 0 unspecified atom stereocenters. The van der Waals surface area contributed by atoms with Crippen molar-refractivity contribution >= 4 is 6.04 Å². The molecule has 1 aromatic rings. The smallest absolute Gasteiger partial charge is 0.255 e. The summed E-state index contributed by atoms with van der Waals surface area (Å²) < 4.78 is 60.9. The molecule has 1 rings (SSSR count). The van der Waals surface area contributed by atoms with E-state index in [4.69, 9.17) is 0 Å². The van der Waals surface area contributed by atoms with Gasteiger partial charge in [0.05, 0.1) is 11.1 Å². The van der Waals surface area contributed by atoms with Crippen molar-refractivity contribution in [2.45, 2.75) is 6.18 Å². The summed E-state index contributed by atoms with van der Waals surface area (Å²) in [5.41, 5.74) is -2.86. The molecule has 0 fully saturated rings. The third kappa shape index (κ3) is 1.89. The maximum atomic E-state index is 12.8. The largest absolute Gasteiger partial charge is 0.419 e. The SMILES string of the molecule is O=C(F)c1cccc(C(F)(F)F)c1F. The second-order valence-corrected chi connectivity index (χ2v) is 2.44. The third-order valence-electron chi connectivity index (χ3n) is 1.52. The van der Waals surface area contributed by atoms with Crippen LogP contribution in [0.25, 0.3) is 0 Å².